The van der Waals surface area contributed by atoms with E-state index >= 15 is 0 Å². The quantitative estimate of drug-likeness (QED) is 0.641. The van der Waals surface area contributed by atoms with Crippen LogP contribution < -0.4 is 0 Å². The molecular formula is C13H28O4. The van der Waals surface area contributed by atoms with E-state index in [2.05, 4.69) is 13.8 Å². The summed E-state index contributed by atoms with van der Waals surface area (Å²) in [5.74, 6) is 0.551. The molecule has 0 aromatic heterocycles. The summed E-state index contributed by atoms with van der Waals surface area (Å²) in [5.41, 5.74) is 0. The standard InChI is InChI=1S/C13H28O4/c1-10(2)6-15-8-12(4)17-9-13(5)16-7-11(3)14/h10-14H,6-9H2,1-5H3. The maximum Gasteiger partial charge on any atom is 0.0781 e. The minimum Gasteiger partial charge on any atom is -0.391 e. The predicted molar refractivity (Wildman–Crippen MR) is 68.2 cm³/mol. The van der Waals surface area contributed by atoms with Crippen molar-refractivity contribution in [1.82, 2.24) is 0 Å². The molecule has 0 spiro atoms. The summed E-state index contributed by atoms with van der Waals surface area (Å²) in [7, 11) is 0. The molecule has 0 aromatic carbocycles. The van der Waals surface area contributed by atoms with Crippen LogP contribution in [-0.4, -0.2) is 49.8 Å². The van der Waals surface area contributed by atoms with Gasteiger partial charge in [-0.25, -0.2) is 0 Å². The molecule has 4 heteroatoms. The average Bonchev–Trinajstić information content (AvgIpc) is 2.23. The Kier molecular flexibility index (Phi) is 9.74. The van der Waals surface area contributed by atoms with E-state index in [1.165, 1.54) is 0 Å². The van der Waals surface area contributed by atoms with E-state index in [-0.39, 0.29) is 12.2 Å². The fourth-order valence-electron chi connectivity index (χ4n) is 1.17. The first-order valence-corrected chi connectivity index (χ1v) is 6.40. The molecule has 0 amide bonds. The number of hydrogen-bond acceptors (Lipinski definition) is 4. The highest BCUT2D eigenvalue weighted by atomic mass is 16.6. The number of hydrogen-bond donors (Lipinski definition) is 1. The second kappa shape index (κ2) is 9.83. The zero-order valence-electron chi connectivity index (χ0n) is 11.8. The fraction of sp³-hybridized carbons (Fsp3) is 1.00. The molecule has 3 unspecified atom stereocenters. The molecule has 0 radical (unpaired) electrons. The van der Waals surface area contributed by atoms with Gasteiger partial charge in [0.25, 0.3) is 0 Å². The highest BCUT2D eigenvalue weighted by Gasteiger charge is 2.08. The van der Waals surface area contributed by atoms with Gasteiger partial charge in [-0.05, 0) is 26.7 Å². The smallest absolute Gasteiger partial charge is 0.0781 e. The average molecular weight is 248 g/mol. The highest BCUT2D eigenvalue weighted by molar-refractivity contribution is 4.54. The monoisotopic (exact) mass is 248 g/mol. The van der Waals surface area contributed by atoms with Crippen molar-refractivity contribution in [2.24, 2.45) is 5.92 Å². The van der Waals surface area contributed by atoms with Crippen molar-refractivity contribution in [3.05, 3.63) is 0 Å². The van der Waals surface area contributed by atoms with E-state index in [1.54, 1.807) is 6.92 Å². The van der Waals surface area contributed by atoms with Crippen molar-refractivity contribution in [3.8, 4) is 0 Å². The van der Waals surface area contributed by atoms with Gasteiger partial charge in [0.1, 0.15) is 0 Å². The van der Waals surface area contributed by atoms with E-state index < -0.39 is 6.10 Å². The van der Waals surface area contributed by atoms with Crippen molar-refractivity contribution >= 4 is 0 Å². The Morgan fingerprint density at radius 2 is 1.29 bits per heavy atom. The van der Waals surface area contributed by atoms with Crippen LogP contribution in [0.5, 0.6) is 0 Å². The number of rotatable bonds is 10. The second-order valence-electron chi connectivity index (χ2n) is 5.07. The molecule has 1 N–H and O–H groups in total. The van der Waals surface area contributed by atoms with Gasteiger partial charge in [-0.3, -0.25) is 0 Å². The van der Waals surface area contributed by atoms with Crippen molar-refractivity contribution in [1.29, 1.82) is 0 Å². The van der Waals surface area contributed by atoms with Gasteiger partial charge >= 0.3 is 0 Å². The Bertz CT molecular complexity index is 171. The third kappa shape index (κ3) is 12.1. The molecular weight excluding hydrogens is 220 g/mol. The highest BCUT2D eigenvalue weighted by Crippen LogP contribution is 2.00. The zero-order chi connectivity index (χ0) is 13.3. The van der Waals surface area contributed by atoms with Gasteiger partial charge in [0.2, 0.25) is 0 Å². The molecule has 0 saturated heterocycles. The SMILES string of the molecule is CC(C)COCC(C)OCC(C)OCC(C)O. The molecule has 104 valence electrons. The van der Waals surface area contributed by atoms with E-state index in [0.717, 1.165) is 6.61 Å². The molecule has 4 nitrogen and oxygen atoms in total. The van der Waals surface area contributed by atoms with Crippen LogP contribution >= 0.6 is 0 Å². The van der Waals surface area contributed by atoms with E-state index in [9.17, 15) is 0 Å². The van der Waals surface area contributed by atoms with Gasteiger partial charge in [0.05, 0.1) is 38.1 Å². The molecule has 0 saturated carbocycles. The Morgan fingerprint density at radius 3 is 1.82 bits per heavy atom. The van der Waals surface area contributed by atoms with Gasteiger partial charge < -0.3 is 19.3 Å². The molecule has 0 aliphatic rings. The third-order valence-electron chi connectivity index (χ3n) is 2.04. The molecule has 0 rings (SSSR count). The molecule has 17 heavy (non-hydrogen) atoms. The van der Waals surface area contributed by atoms with Crippen LogP contribution in [0.2, 0.25) is 0 Å². The Labute approximate surface area is 105 Å². The first-order valence-electron chi connectivity index (χ1n) is 6.40. The van der Waals surface area contributed by atoms with Crippen LogP contribution in [0.25, 0.3) is 0 Å². The maximum absolute atomic E-state index is 9.06. The molecule has 0 bridgehead atoms. The fourth-order valence-corrected chi connectivity index (χ4v) is 1.17. The van der Waals surface area contributed by atoms with Crippen molar-refractivity contribution in [2.75, 3.05) is 26.4 Å². The number of ether oxygens (including phenoxy) is 3. The largest absolute Gasteiger partial charge is 0.391 e. The molecule has 0 aromatic rings. The minimum absolute atomic E-state index is 0.00264. The lowest BCUT2D eigenvalue weighted by atomic mass is 10.2. The summed E-state index contributed by atoms with van der Waals surface area (Å²) in [6.07, 6.45) is -0.354. The molecule has 0 aliphatic heterocycles. The Balaban J connectivity index is 3.45. The summed E-state index contributed by atoms with van der Waals surface area (Å²) in [5, 5.41) is 9.06. The van der Waals surface area contributed by atoms with Crippen LogP contribution in [0.3, 0.4) is 0 Å². The summed E-state index contributed by atoms with van der Waals surface area (Å²) < 4.78 is 16.4. The van der Waals surface area contributed by atoms with Crippen molar-refractivity contribution in [2.45, 2.75) is 52.9 Å². The number of aliphatic hydroxyl groups excluding tert-OH is 1. The van der Waals surface area contributed by atoms with Crippen LogP contribution in [0.4, 0.5) is 0 Å². The Hall–Kier alpha value is -0.160. The van der Waals surface area contributed by atoms with Crippen LogP contribution in [-0.2, 0) is 14.2 Å². The normalized spacial score (nSPS) is 17.1. The lowest BCUT2D eigenvalue weighted by molar-refractivity contribution is -0.0716. The van der Waals surface area contributed by atoms with Gasteiger partial charge in [-0.15, -0.1) is 0 Å². The summed E-state index contributed by atoms with van der Waals surface area (Å²) in [4.78, 5) is 0. The third-order valence-corrected chi connectivity index (χ3v) is 2.04. The minimum atomic E-state index is -0.427. The molecule has 3 atom stereocenters. The topological polar surface area (TPSA) is 47.9 Å². The summed E-state index contributed by atoms with van der Waals surface area (Å²) >= 11 is 0. The second-order valence-corrected chi connectivity index (χ2v) is 5.07. The van der Waals surface area contributed by atoms with E-state index in [0.29, 0.717) is 25.7 Å². The lowest BCUT2D eigenvalue weighted by Crippen LogP contribution is -2.26. The van der Waals surface area contributed by atoms with Gasteiger partial charge in [-0.2, -0.15) is 0 Å². The Morgan fingerprint density at radius 1 is 0.765 bits per heavy atom. The predicted octanol–water partition coefficient (Wildman–Crippen LogP) is 1.85. The van der Waals surface area contributed by atoms with Crippen molar-refractivity contribution < 1.29 is 19.3 Å². The number of aliphatic hydroxyl groups is 1. The first-order chi connectivity index (χ1) is 7.91. The first kappa shape index (κ1) is 16.8. The maximum atomic E-state index is 9.06. The van der Waals surface area contributed by atoms with Gasteiger partial charge in [0, 0.05) is 6.61 Å². The zero-order valence-corrected chi connectivity index (χ0v) is 11.8. The van der Waals surface area contributed by atoms with E-state index in [4.69, 9.17) is 19.3 Å². The van der Waals surface area contributed by atoms with Crippen LogP contribution in [0, 0.1) is 5.92 Å². The van der Waals surface area contributed by atoms with Crippen LogP contribution in [0.1, 0.15) is 34.6 Å². The lowest BCUT2D eigenvalue weighted by Gasteiger charge is -2.18. The van der Waals surface area contributed by atoms with Crippen molar-refractivity contribution in [3.63, 3.8) is 0 Å². The summed E-state index contributed by atoms with van der Waals surface area (Å²) in [6.45, 7) is 12.1. The molecule has 0 fully saturated rings. The van der Waals surface area contributed by atoms with Gasteiger partial charge in [0.15, 0.2) is 0 Å². The molecule has 0 aliphatic carbocycles. The van der Waals surface area contributed by atoms with Crippen LogP contribution in [0.15, 0.2) is 0 Å². The van der Waals surface area contributed by atoms with Gasteiger partial charge in [-0.1, -0.05) is 13.8 Å². The summed E-state index contributed by atoms with van der Waals surface area (Å²) in [6, 6.07) is 0. The molecule has 0 heterocycles. The van der Waals surface area contributed by atoms with E-state index in [1.807, 2.05) is 13.8 Å².